The number of pyridine rings is 1. The summed E-state index contributed by atoms with van der Waals surface area (Å²) < 4.78 is 7.35. The smallest absolute Gasteiger partial charge is 0.251 e. The number of amides is 1. The van der Waals surface area contributed by atoms with E-state index in [0.29, 0.717) is 0 Å². The summed E-state index contributed by atoms with van der Waals surface area (Å²) in [6.07, 6.45) is 2.67. The van der Waals surface area contributed by atoms with Gasteiger partial charge in [0.15, 0.2) is 0 Å². The second kappa shape index (κ2) is 7.44. The highest BCUT2D eigenvalue weighted by atomic mass is 32.2. The molecule has 0 unspecified atom stereocenters. The van der Waals surface area contributed by atoms with Crippen LogP contribution in [0.25, 0.3) is 0 Å². The van der Waals surface area contributed by atoms with Gasteiger partial charge in [0, 0.05) is 61.3 Å². The number of piperidine rings is 1. The molecule has 6 nitrogen and oxygen atoms in total. The number of aromatic nitrogens is 1. The third-order valence-electron chi connectivity index (χ3n) is 6.26. The van der Waals surface area contributed by atoms with Gasteiger partial charge in [0.1, 0.15) is 11.8 Å². The zero-order chi connectivity index (χ0) is 19.1. The van der Waals surface area contributed by atoms with E-state index in [1.807, 2.05) is 45.5 Å². The van der Waals surface area contributed by atoms with Crippen LogP contribution in [0.3, 0.4) is 0 Å². The van der Waals surface area contributed by atoms with Crippen molar-refractivity contribution in [1.29, 1.82) is 0 Å². The van der Waals surface area contributed by atoms with Gasteiger partial charge in [-0.2, -0.15) is 11.8 Å². The average molecular weight is 400 g/mol. The van der Waals surface area contributed by atoms with E-state index < -0.39 is 0 Å². The molecule has 5 rings (SSSR count). The predicted molar refractivity (Wildman–Crippen MR) is 108 cm³/mol. The molecule has 0 saturated carbocycles. The summed E-state index contributed by atoms with van der Waals surface area (Å²) in [6.45, 7) is 4.02. The molecule has 2 saturated heterocycles. The number of likely N-dealkylation sites (tertiary alicyclic amines) is 1. The maximum Gasteiger partial charge on any atom is 0.251 e. The normalized spacial score (nSPS) is 27.4. The lowest BCUT2D eigenvalue weighted by atomic mass is 9.78. The molecule has 0 aromatic carbocycles. The minimum atomic E-state index is -0.387. The summed E-state index contributed by atoms with van der Waals surface area (Å²) in [5, 5.41) is 0. The summed E-state index contributed by atoms with van der Waals surface area (Å²) in [7, 11) is 0. The maximum atomic E-state index is 13.5. The second-order valence-corrected chi connectivity index (χ2v) is 9.23. The van der Waals surface area contributed by atoms with Crippen molar-refractivity contribution >= 4 is 17.7 Å². The van der Waals surface area contributed by atoms with E-state index in [4.69, 9.17) is 4.42 Å². The average Bonchev–Trinajstić information content (AvgIpc) is 3.22. The van der Waals surface area contributed by atoms with E-state index in [0.717, 1.165) is 62.1 Å². The molecule has 2 bridgehead atoms. The number of hydrogen-bond acceptors (Lipinski definition) is 5. The molecule has 0 aliphatic carbocycles. The lowest BCUT2D eigenvalue weighted by molar-refractivity contribution is -0.138. The molecular weight excluding hydrogens is 374 g/mol. The SMILES string of the molecule is O=C([C@H]1[C@H]2C[C@H](CN(Cc3ccco3)C2)c2cccc(=O)n21)N1CCSCC1. The Morgan fingerprint density at radius 1 is 1.14 bits per heavy atom. The number of carbonyl (C=O) groups excluding carboxylic acids is 1. The highest BCUT2D eigenvalue weighted by Crippen LogP contribution is 2.42. The van der Waals surface area contributed by atoms with Gasteiger partial charge in [-0.25, -0.2) is 0 Å². The molecule has 3 aliphatic heterocycles. The first kappa shape index (κ1) is 18.1. The van der Waals surface area contributed by atoms with Gasteiger partial charge in [0.05, 0.1) is 12.8 Å². The summed E-state index contributed by atoms with van der Waals surface area (Å²) in [5.41, 5.74) is 0.967. The molecule has 2 aromatic heterocycles. The van der Waals surface area contributed by atoms with Crippen molar-refractivity contribution in [1.82, 2.24) is 14.4 Å². The Hall–Kier alpha value is -1.99. The molecule has 7 heteroatoms. The van der Waals surface area contributed by atoms with Crippen LogP contribution in [0.4, 0.5) is 0 Å². The number of hydrogen-bond donors (Lipinski definition) is 0. The highest BCUT2D eigenvalue weighted by Gasteiger charge is 2.45. The molecule has 0 radical (unpaired) electrons. The Kier molecular flexibility index (Phi) is 4.80. The molecule has 1 amide bonds. The molecule has 5 heterocycles. The van der Waals surface area contributed by atoms with Gasteiger partial charge < -0.3 is 9.32 Å². The van der Waals surface area contributed by atoms with Gasteiger partial charge in [-0.05, 0) is 24.6 Å². The molecule has 148 valence electrons. The van der Waals surface area contributed by atoms with Crippen molar-refractivity contribution < 1.29 is 9.21 Å². The second-order valence-electron chi connectivity index (χ2n) is 8.01. The fraction of sp³-hybridized carbons (Fsp3) is 0.524. The number of fused-ring (bicyclic) bond motifs is 4. The Morgan fingerprint density at radius 3 is 2.79 bits per heavy atom. The predicted octanol–water partition coefficient (Wildman–Crippen LogP) is 2.18. The van der Waals surface area contributed by atoms with Crippen LogP contribution in [-0.2, 0) is 11.3 Å². The van der Waals surface area contributed by atoms with Gasteiger partial charge in [-0.15, -0.1) is 0 Å². The van der Waals surface area contributed by atoms with Crippen LogP contribution in [0.2, 0.25) is 0 Å². The van der Waals surface area contributed by atoms with Crippen LogP contribution in [0.1, 0.15) is 29.8 Å². The third-order valence-corrected chi connectivity index (χ3v) is 7.20. The zero-order valence-electron chi connectivity index (χ0n) is 15.8. The van der Waals surface area contributed by atoms with E-state index in [9.17, 15) is 9.59 Å². The van der Waals surface area contributed by atoms with Gasteiger partial charge >= 0.3 is 0 Å². The molecule has 3 atom stereocenters. The molecular formula is C21H25N3O3S. The van der Waals surface area contributed by atoms with Gasteiger partial charge in [0.25, 0.3) is 5.56 Å². The summed E-state index contributed by atoms with van der Waals surface area (Å²) in [5.74, 6) is 3.46. The Bertz CT molecular complexity index is 904. The van der Waals surface area contributed by atoms with Crippen molar-refractivity contribution in [3.63, 3.8) is 0 Å². The number of nitrogens with zero attached hydrogens (tertiary/aromatic N) is 3. The fourth-order valence-corrected chi connectivity index (χ4v) is 5.97. The summed E-state index contributed by atoms with van der Waals surface area (Å²) in [6, 6.07) is 8.98. The minimum absolute atomic E-state index is 0.0450. The molecule has 2 aromatic rings. The first-order valence-corrected chi connectivity index (χ1v) is 11.2. The Morgan fingerprint density at radius 2 is 2.00 bits per heavy atom. The summed E-state index contributed by atoms with van der Waals surface area (Å²) in [4.78, 5) is 30.7. The molecule has 0 N–H and O–H groups in total. The molecule has 28 heavy (non-hydrogen) atoms. The number of furan rings is 1. The van der Waals surface area contributed by atoms with Crippen LogP contribution in [0.5, 0.6) is 0 Å². The first-order valence-electron chi connectivity index (χ1n) is 10.0. The van der Waals surface area contributed by atoms with Crippen LogP contribution in [0.15, 0.2) is 45.8 Å². The van der Waals surface area contributed by atoms with Gasteiger partial charge in [-0.3, -0.25) is 19.1 Å². The van der Waals surface area contributed by atoms with Crippen molar-refractivity contribution in [2.24, 2.45) is 5.92 Å². The molecule has 3 aliphatic rings. The largest absolute Gasteiger partial charge is 0.468 e. The van der Waals surface area contributed by atoms with E-state index in [1.165, 1.54) is 0 Å². The van der Waals surface area contributed by atoms with Crippen LogP contribution < -0.4 is 5.56 Å². The van der Waals surface area contributed by atoms with E-state index in [1.54, 1.807) is 12.3 Å². The van der Waals surface area contributed by atoms with Crippen molar-refractivity contribution in [2.75, 3.05) is 37.7 Å². The lowest BCUT2D eigenvalue weighted by Crippen LogP contribution is -2.54. The monoisotopic (exact) mass is 399 g/mol. The topological polar surface area (TPSA) is 58.7 Å². The van der Waals surface area contributed by atoms with Crippen LogP contribution in [0, 0.1) is 5.92 Å². The van der Waals surface area contributed by atoms with Crippen molar-refractivity contribution in [3.8, 4) is 0 Å². The first-order chi connectivity index (χ1) is 13.7. The number of thioether (sulfide) groups is 1. The van der Waals surface area contributed by atoms with Crippen molar-refractivity contribution in [2.45, 2.75) is 24.9 Å². The van der Waals surface area contributed by atoms with E-state index in [-0.39, 0.29) is 29.3 Å². The molecule has 2 fully saturated rings. The van der Waals surface area contributed by atoms with Crippen LogP contribution >= 0.6 is 11.8 Å². The van der Waals surface area contributed by atoms with Gasteiger partial charge in [-0.1, -0.05) is 6.07 Å². The van der Waals surface area contributed by atoms with E-state index in [2.05, 4.69) is 4.90 Å². The quantitative estimate of drug-likeness (QED) is 0.792. The summed E-state index contributed by atoms with van der Waals surface area (Å²) >= 11 is 1.89. The van der Waals surface area contributed by atoms with Gasteiger partial charge in [0.2, 0.25) is 5.91 Å². The lowest BCUT2D eigenvalue weighted by Gasteiger charge is -2.47. The number of carbonyl (C=O) groups is 1. The number of rotatable bonds is 3. The zero-order valence-corrected chi connectivity index (χ0v) is 16.6. The van der Waals surface area contributed by atoms with E-state index >= 15 is 0 Å². The standard InChI is InChI=1S/C21H25N3O3S/c25-19-5-1-4-18-15-11-16(13-22(12-15)14-17-3-2-8-27-17)20(24(18)19)21(26)23-6-9-28-10-7-23/h1-5,8,15-16,20H,6-7,9-14H2/t15-,16+,20-/m1/s1. The fourth-order valence-electron chi connectivity index (χ4n) is 5.07. The van der Waals surface area contributed by atoms with Crippen LogP contribution in [-0.4, -0.2) is 58.0 Å². The highest BCUT2D eigenvalue weighted by molar-refractivity contribution is 7.99. The molecule has 0 spiro atoms. The Labute approximate surface area is 168 Å². The Balaban J connectivity index is 1.49. The third kappa shape index (κ3) is 3.20. The van der Waals surface area contributed by atoms with Crippen molar-refractivity contribution in [3.05, 3.63) is 58.4 Å². The minimum Gasteiger partial charge on any atom is -0.468 e. The maximum absolute atomic E-state index is 13.5.